The predicted octanol–water partition coefficient (Wildman–Crippen LogP) is 4.81. The Bertz CT molecular complexity index is 219. The second-order valence-corrected chi connectivity index (χ2v) is 9.37. The first-order chi connectivity index (χ1) is 9.86. The second kappa shape index (κ2) is 9.21. The van der Waals surface area contributed by atoms with E-state index in [0.717, 1.165) is 17.4 Å². The molecule has 20 heavy (non-hydrogen) atoms. The Kier molecular flexibility index (Phi) is 7.61. The zero-order valence-corrected chi connectivity index (χ0v) is 14.8. The van der Waals surface area contributed by atoms with Crippen molar-refractivity contribution in [1.82, 2.24) is 0 Å². The molecule has 0 heterocycles. The molecule has 0 saturated heterocycles. The van der Waals surface area contributed by atoms with Gasteiger partial charge in [-0.25, -0.2) is 0 Å². The molecule has 0 N–H and O–H groups in total. The van der Waals surface area contributed by atoms with Crippen molar-refractivity contribution in [3.8, 4) is 0 Å². The largest absolute Gasteiger partial charge is 0.400 e. The molecule has 0 amide bonds. The zero-order chi connectivity index (χ0) is 14.2. The molecule has 2 fully saturated rings. The molecule has 0 radical (unpaired) electrons. The Morgan fingerprint density at radius 3 is 1.30 bits per heavy atom. The summed E-state index contributed by atoms with van der Waals surface area (Å²) in [5.41, 5.74) is 0.765. The number of hydrogen-bond acceptors (Lipinski definition) is 2. The lowest BCUT2D eigenvalue weighted by Gasteiger charge is -2.36. The summed E-state index contributed by atoms with van der Waals surface area (Å²) in [6.07, 6.45) is 17.2. The highest BCUT2D eigenvalue weighted by Gasteiger charge is 2.38. The molecule has 0 aromatic carbocycles. The third-order valence-electron chi connectivity index (χ3n) is 5.67. The van der Waals surface area contributed by atoms with Crippen LogP contribution in [0.25, 0.3) is 0 Å². The normalized spacial score (nSPS) is 24.0. The summed E-state index contributed by atoms with van der Waals surface area (Å²) < 4.78 is 11.7. The second-order valence-electron chi connectivity index (χ2n) is 6.92. The predicted molar refractivity (Wildman–Crippen MR) is 87.3 cm³/mol. The van der Waals surface area contributed by atoms with E-state index in [1.54, 1.807) is 0 Å². The van der Waals surface area contributed by atoms with Gasteiger partial charge in [0.05, 0.1) is 0 Å². The Morgan fingerprint density at radius 1 is 0.650 bits per heavy atom. The minimum absolute atomic E-state index is 0.765. The molecular formula is C17H34O2Si. The molecule has 2 aliphatic rings. The van der Waals surface area contributed by atoms with E-state index < -0.39 is 9.28 Å². The van der Waals surface area contributed by atoms with Gasteiger partial charge in [-0.3, -0.25) is 0 Å². The van der Waals surface area contributed by atoms with Gasteiger partial charge in [0.25, 0.3) is 0 Å². The van der Waals surface area contributed by atoms with E-state index in [4.69, 9.17) is 8.85 Å². The molecule has 0 spiro atoms. The van der Waals surface area contributed by atoms with Gasteiger partial charge in [-0.15, -0.1) is 0 Å². The molecule has 3 heteroatoms. The maximum atomic E-state index is 5.87. The van der Waals surface area contributed by atoms with E-state index in [2.05, 4.69) is 0 Å². The molecule has 118 valence electrons. The summed E-state index contributed by atoms with van der Waals surface area (Å²) in [6.45, 7) is 0. The van der Waals surface area contributed by atoms with Crippen LogP contribution in [0.1, 0.15) is 77.0 Å². The van der Waals surface area contributed by atoms with Crippen LogP contribution in [0.15, 0.2) is 0 Å². The van der Waals surface area contributed by atoms with Crippen molar-refractivity contribution in [2.45, 2.75) is 82.6 Å². The smallest absolute Gasteiger partial charge is 0.324 e. The Labute approximate surface area is 127 Å². The van der Waals surface area contributed by atoms with Gasteiger partial charge in [0, 0.05) is 19.8 Å². The van der Waals surface area contributed by atoms with Crippen molar-refractivity contribution in [3.63, 3.8) is 0 Å². The van der Waals surface area contributed by atoms with Crippen molar-refractivity contribution >= 4 is 9.28 Å². The zero-order valence-electron chi connectivity index (χ0n) is 13.6. The molecule has 0 aromatic heterocycles. The summed E-state index contributed by atoms with van der Waals surface area (Å²) in [5, 5.41) is 0. The van der Waals surface area contributed by atoms with Crippen LogP contribution < -0.4 is 0 Å². The first-order valence-electron chi connectivity index (χ1n) is 8.92. The third kappa shape index (κ3) is 4.57. The Balaban J connectivity index is 2.08. The van der Waals surface area contributed by atoms with Gasteiger partial charge >= 0.3 is 9.28 Å². The molecule has 2 rings (SSSR count). The molecule has 0 aliphatic heterocycles. The lowest BCUT2D eigenvalue weighted by atomic mass is 9.84. The number of rotatable bonds is 5. The maximum Gasteiger partial charge on any atom is 0.324 e. The molecular weight excluding hydrogens is 264 g/mol. The lowest BCUT2D eigenvalue weighted by molar-refractivity contribution is 0.206. The summed E-state index contributed by atoms with van der Waals surface area (Å²) >= 11 is 0. The summed E-state index contributed by atoms with van der Waals surface area (Å²) in [5.74, 6) is 1.77. The van der Waals surface area contributed by atoms with Crippen LogP contribution in [0.3, 0.4) is 0 Å². The molecule has 0 unspecified atom stereocenters. The van der Waals surface area contributed by atoms with E-state index >= 15 is 0 Å². The van der Waals surface area contributed by atoms with Crippen LogP contribution in [0, 0.1) is 11.8 Å². The molecule has 2 saturated carbocycles. The van der Waals surface area contributed by atoms with Crippen molar-refractivity contribution in [2.75, 3.05) is 14.2 Å². The Morgan fingerprint density at radius 2 is 1.00 bits per heavy atom. The van der Waals surface area contributed by atoms with Gasteiger partial charge in [-0.1, -0.05) is 77.0 Å². The van der Waals surface area contributed by atoms with E-state index in [9.17, 15) is 0 Å². The van der Waals surface area contributed by atoms with Crippen molar-refractivity contribution < 1.29 is 8.85 Å². The third-order valence-corrected chi connectivity index (χ3v) is 8.31. The SMILES string of the molecule is CO[SiH](OC)C(C1CCCCCC1)C1CCCCCC1. The van der Waals surface area contributed by atoms with Crippen LogP contribution in [0.5, 0.6) is 0 Å². The van der Waals surface area contributed by atoms with Crippen molar-refractivity contribution in [2.24, 2.45) is 11.8 Å². The van der Waals surface area contributed by atoms with Crippen LogP contribution in [0.4, 0.5) is 0 Å². The Hall–Kier alpha value is 0.137. The van der Waals surface area contributed by atoms with Crippen LogP contribution >= 0.6 is 0 Å². The average Bonchev–Trinajstić information content (AvgIpc) is 2.89. The lowest BCUT2D eigenvalue weighted by Crippen LogP contribution is -2.36. The van der Waals surface area contributed by atoms with E-state index in [-0.39, 0.29) is 0 Å². The van der Waals surface area contributed by atoms with Gasteiger partial charge in [-0.2, -0.15) is 0 Å². The summed E-state index contributed by atoms with van der Waals surface area (Å²) in [4.78, 5) is 0. The van der Waals surface area contributed by atoms with E-state index in [0.29, 0.717) is 0 Å². The van der Waals surface area contributed by atoms with Crippen LogP contribution in [-0.2, 0) is 8.85 Å². The highest BCUT2D eigenvalue weighted by Crippen LogP contribution is 2.44. The fourth-order valence-electron chi connectivity index (χ4n) is 4.63. The number of hydrogen-bond donors (Lipinski definition) is 0. The highest BCUT2D eigenvalue weighted by atomic mass is 28.3. The fourth-order valence-corrected chi connectivity index (χ4v) is 7.11. The monoisotopic (exact) mass is 298 g/mol. The minimum Gasteiger partial charge on any atom is -0.400 e. The van der Waals surface area contributed by atoms with Crippen molar-refractivity contribution in [1.29, 1.82) is 0 Å². The quantitative estimate of drug-likeness (QED) is 0.535. The molecule has 2 aliphatic carbocycles. The summed E-state index contributed by atoms with van der Waals surface area (Å²) in [6, 6.07) is 0. The van der Waals surface area contributed by atoms with Gasteiger partial charge in [0.15, 0.2) is 0 Å². The van der Waals surface area contributed by atoms with E-state index in [1.807, 2.05) is 14.2 Å². The first-order valence-corrected chi connectivity index (χ1v) is 10.5. The topological polar surface area (TPSA) is 18.5 Å². The summed E-state index contributed by atoms with van der Waals surface area (Å²) in [7, 11) is 2.29. The van der Waals surface area contributed by atoms with Gasteiger partial charge < -0.3 is 8.85 Å². The van der Waals surface area contributed by atoms with Crippen LogP contribution in [0.2, 0.25) is 5.54 Å². The molecule has 0 atom stereocenters. The van der Waals surface area contributed by atoms with Crippen molar-refractivity contribution in [3.05, 3.63) is 0 Å². The van der Waals surface area contributed by atoms with Gasteiger partial charge in [0.2, 0.25) is 0 Å². The average molecular weight is 299 g/mol. The highest BCUT2D eigenvalue weighted by molar-refractivity contribution is 6.46. The standard InChI is InChI=1S/C17H34O2Si/c1-18-20(19-2)17(15-11-7-3-4-8-12-15)16-13-9-5-6-10-14-16/h15-17,20H,3-14H2,1-2H3. The molecule has 2 nitrogen and oxygen atoms in total. The molecule has 0 bridgehead atoms. The maximum absolute atomic E-state index is 5.87. The van der Waals surface area contributed by atoms with Gasteiger partial charge in [0.1, 0.15) is 0 Å². The molecule has 0 aromatic rings. The van der Waals surface area contributed by atoms with Gasteiger partial charge in [-0.05, 0) is 11.8 Å². The fraction of sp³-hybridized carbons (Fsp3) is 1.00. The first kappa shape index (κ1) is 16.5. The van der Waals surface area contributed by atoms with E-state index in [1.165, 1.54) is 77.0 Å². The minimum atomic E-state index is -1.49. The van der Waals surface area contributed by atoms with Crippen LogP contribution in [-0.4, -0.2) is 23.5 Å².